The number of rotatable bonds is 3. The van der Waals surface area contributed by atoms with Gasteiger partial charge >= 0.3 is 0 Å². The number of hydrogen-bond acceptors (Lipinski definition) is 5. The zero-order valence-electron chi connectivity index (χ0n) is 9.93. The Hall–Kier alpha value is -1.25. The second kappa shape index (κ2) is 6.02. The van der Waals surface area contributed by atoms with Crippen molar-refractivity contribution in [2.45, 2.75) is 6.92 Å². The Labute approximate surface area is 135 Å². The molecule has 0 bridgehead atoms. The molecule has 0 aliphatic heterocycles. The van der Waals surface area contributed by atoms with Gasteiger partial charge in [0, 0.05) is 23.9 Å². The Bertz CT molecular complexity index is 653. The van der Waals surface area contributed by atoms with Crippen LogP contribution in [0.3, 0.4) is 0 Å². The number of hydrogen-bond donors (Lipinski definition) is 0. The van der Waals surface area contributed by atoms with Crippen molar-refractivity contribution in [3.05, 3.63) is 48.2 Å². The number of ether oxygens (including phenoxy) is 1. The standard InChI is InChI=1S/C11H6Br2ClN3O3/c1-5-2-9(16-11(14)15-5)20-10-7(12)3-6(17(18)19)4-8(10)13/h2-4H,1H3. The zero-order chi connectivity index (χ0) is 14.9. The van der Waals surface area contributed by atoms with Crippen LogP contribution in [-0.4, -0.2) is 14.9 Å². The van der Waals surface area contributed by atoms with Gasteiger partial charge in [0.05, 0.1) is 13.9 Å². The largest absolute Gasteiger partial charge is 0.436 e. The maximum Gasteiger partial charge on any atom is 0.271 e. The lowest BCUT2D eigenvalue weighted by Crippen LogP contribution is -1.95. The summed E-state index contributed by atoms with van der Waals surface area (Å²) in [6.07, 6.45) is 0. The second-order valence-corrected chi connectivity index (χ2v) is 5.76. The lowest BCUT2D eigenvalue weighted by atomic mass is 10.3. The monoisotopic (exact) mass is 421 g/mol. The molecule has 20 heavy (non-hydrogen) atoms. The molecule has 0 unspecified atom stereocenters. The van der Waals surface area contributed by atoms with Crippen LogP contribution in [0, 0.1) is 17.0 Å². The van der Waals surface area contributed by atoms with Gasteiger partial charge in [-0.25, -0.2) is 4.98 Å². The predicted molar refractivity (Wildman–Crippen MR) is 80.3 cm³/mol. The summed E-state index contributed by atoms with van der Waals surface area (Å²) < 4.78 is 6.43. The average Bonchev–Trinajstić information content (AvgIpc) is 2.32. The van der Waals surface area contributed by atoms with Crippen molar-refractivity contribution in [2.24, 2.45) is 0 Å². The summed E-state index contributed by atoms with van der Waals surface area (Å²) >= 11 is 12.2. The van der Waals surface area contributed by atoms with Crippen LogP contribution in [0.15, 0.2) is 27.1 Å². The molecule has 1 aromatic heterocycles. The first-order chi connectivity index (χ1) is 9.36. The minimum atomic E-state index is -0.495. The molecule has 1 aromatic carbocycles. The third-order valence-electron chi connectivity index (χ3n) is 2.20. The van der Waals surface area contributed by atoms with Crippen LogP contribution in [-0.2, 0) is 0 Å². The Morgan fingerprint density at radius 2 is 1.85 bits per heavy atom. The summed E-state index contributed by atoms with van der Waals surface area (Å²) in [5, 5.41) is 10.8. The Kier molecular flexibility index (Phi) is 4.56. The van der Waals surface area contributed by atoms with Crippen molar-refractivity contribution in [1.29, 1.82) is 0 Å². The highest BCUT2D eigenvalue weighted by Crippen LogP contribution is 2.39. The topological polar surface area (TPSA) is 78.2 Å². The van der Waals surface area contributed by atoms with Crippen LogP contribution in [0.25, 0.3) is 0 Å². The van der Waals surface area contributed by atoms with E-state index in [-0.39, 0.29) is 16.9 Å². The number of benzene rings is 1. The van der Waals surface area contributed by atoms with E-state index in [1.807, 2.05) is 0 Å². The molecule has 0 fully saturated rings. The molecule has 0 N–H and O–H groups in total. The van der Waals surface area contributed by atoms with Crippen molar-refractivity contribution in [3.63, 3.8) is 0 Å². The molecule has 104 valence electrons. The normalized spacial score (nSPS) is 10.4. The van der Waals surface area contributed by atoms with Gasteiger partial charge in [-0.1, -0.05) is 0 Å². The molecule has 0 atom stereocenters. The van der Waals surface area contributed by atoms with Gasteiger partial charge in [0.1, 0.15) is 0 Å². The number of aromatic nitrogens is 2. The van der Waals surface area contributed by atoms with Gasteiger partial charge in [0.15, 0.2) is 5.75 Å². The van der Waals surface area contributed by atoms with Crippen LogP contribution < -0.4 is 4.74 Å². The molecular weight excluding hydrogens is 417 g/mol. The van der Waals surface area contributed by atoms with Crippen molar-refractivity contribution < 1.29 is 9.66 Å². The molecule has 0 amide bonds. The highest BCUT2D eigenvalue weighted by molar-refractivity contribution is 9.11. The highest BCUT2D eigenvalue weighted by Gasteiger charge is 2.16. The van der Waals surface area contributed by atoms with Gasteiger partial charge in [-0.15, -0.1) is 0 Å². The van der Waals surface area contributed by atoms with Crippen molar-refractivity contribution in [3.8, 4) is 11.6 Å². The first kappa shape index (κ1) is 15.1. The average molecular weight is 423 g/mol. The number of nitro benzene ring substituents is 1. The minimum Gasteiger partial charge on any atom is -0.436 e. The van der Waals surface area contributed by atoms with E-state index in [9.17, 15) is 10.1 Å². The zero-order valence-corrected chi connectivity index (χ0v) is 13.9. The van der Waals surface area contributed by atoms with Gasteiger partial charge in [-0.05, 0) is 50.4 Å². The second-order valence-electron chi connectivity index (χ2n) is 3.71. The van der Waals surface area contributed by atoms with Crippen LogP contribution in [0.5, 0.6) is 11.6 Å². The quantitative estimate of drug-likeness (QED) is 0.407. The van der Waals surface area contributed by atoms with E-state index >= 15 is 0 Å². The fourth-order valence-corrected chi connectivity index (χ4v) is 2.95. The molecule has 0 saturated carbocycles. The van der Waals surface area contributed by atoms with Gasteiger partial charge in [-0.3, -0.25) is 10.1 Å². The lowest BCUT2D eigenvalue weighted by Gasteiger charge is -2.09. The molecule has 6 nitrogen and oxygen atoms in total. The van der Waals surface area contributed by atoms with E-state index in [1.54, 1.807) is 13.0 Å². The van der Waals surface area contributed by atoms with Crippen molar-refractivity contribution >= 4 is 49.1 Å². The molecule has 1 heterocycles. The number of aryl methyl sites for hydroxylation is 1. The summed E-state index contributed by atoms with van der Waals surface area (Å²) in [6.45, 7) is 1.75. The summed E-state index contributed by atoms with van der Waals surface area (Å²) in [5.74, 6) is 0.613. The molecule has 0 radical (unpaired) electrons. The molecule has 0 aliphatic rings. The summed E-state index contributed by atoms with van der Waals surface area (Å²) in [5.41, 5.74) is 0.585. The van der Waals surface area contributed by atoms with Gasteiger partial charge in [0.2, 0.25) is 11.2 Å². The molecule has 2 aromatic rings. The molecule has 9 heteroatoms. The Morgan fingerprint density at radius 3 is 2.35 bits per heavy atom. The van der Waals surface area contributed by atoms with E-state index in [0.717, 1.165) is 0 Å². The lowest BCUT2D eigenvalue weighted by molar-refractivity contribution is -0.385. The SMILES string of the molecule is Cc1cc(Oc2c(Br)cc([N+](=O)[O-])cc2Br)nc(Cl)n1. The van der Waals surface area contributed by atoms with Crippen LogP contribution in [0.4, 0.5) is 5.69 Å². The van der Waals surface area contributed by atoms with Crippen molar-refractivity contribution in [2.75, 3.05) is 0 Å². The number of nitro groups is 1. The highest BCUT2D eigenvalue weighted by atomic mass is 79.9. The molecule has 0 saturated heterocycles. The van der Waals surface area contributed by atoms with E-state index in [4.69, 9.17) is 16.3 Å². The number of nitrogens with zero attached hydrogens (tertiary/aromatic N) is 3. The van der Waals surface area contributed by atoms with E-state index in [2.05, 4.69) is 41.8 Å². The van der Waals surface area contributed by atoms with Gasteiger partial charge < -0.3 is 4.74 Å². The van der Waals surface area contributed by atoms with Crippen LogP contribution >= 0.6 is 43.5 Å². The molecule has 0 spiro atoms. The molecular formula is C11H6Br2ClN3O3. The predicted octanol–water partition coefficient (Wildman–Crippen LogP) is 4.66. The maximum atomic E-state index is 10.7. The third-order valence-corrected chi connectivity index (χ3v) is 3.55. The number of non-ortho nitro benzene ring substituents is 1. The van der Waals surface area contributed by atoms with E-state index in [0.29, 0.717) is 20.4 Å². The van der Waals surface area contributed by atoms with Crippen LogP contribution in [0.2, 0.25) is 5.28 Å². The Balaban J connectivity index is 2.41. The first-order valence-electron chi connectivity index (χ1n) is 5.19. The van der Waals surface area contributed by atoms with Crippen molar-refractivity contribution in [1.82, 2.24) is 9.97 Å². The minimum absolute atomic E-state index is 0.0620. The molecule has 2 rings (SSSR count). The summed E-state index contributed by atoms with van der Waals surface area (Å²) in [6, 6.07) is 4.29. The smallest absolute Gasteiger partial charge is 0.271 e. The Morgan fingerprint density at radius 1 is 1.25 bits per heavy atom. The fourth-order valence-electron chi connectivity index (χ4n) is 1.41. The summed E-state index contributed by atoms with van der Waals surface area (Å²) in [7, 11) is 0. The first-order valence-corrected chi connectivity index (χ1v) is 7.15. The van der Waals surface area contributed by atoms with Gasteiger partial charge in [0.25, 0.3) is 5.69 Å². The summed E-state index contributed by atoms with van der Waals surface area (Å²) in [4.78, 5) is 18.1. The van der Waals surface area contributed by atoms with E-state index < -0.39 is 4.92 Å². The fraction of sp³-hybridized carbons (Fsp3) is 0.0909. The third kappa shape index (κ3) is 3.44. The number of halogens is 3. The molecule has 0 aliphatic carbocycles. The maximum absolute atomic E-state index is 10.7. The van der Waals surface area contributed by atoms with Gasteiger partial charge in [-0.2, -0.15) is 4.98 Å². The van der Waals surface area contributed by atoms with Crippen LogP contribution in [0.1, 0.15) is 5.69 Å². The van der Waals surface area contributed by atoms with E-state index in [1.165, 1.54) is 12.1 Å².